The molecule has 2 aliphatic heterocycles. The van der Waals surface area contributed by atoms with Gasteiger partial charge in [-0.1, -0.05) is 0 Å². The summed E-state index contributed by atoms with van der Waals surface area (Å²) in [4.78, 5) is 4.04. The Kier molecular flexibility index (Phi) is 3.71. The number of hydrogen-bond donors (Lipinski definition) is 1. The first-order valence-corrected chi connectivity index (χ1v) is 7.70. The van der Waals surface area contributed by atoms with E-state index >= 15 is 0 Å². The van der Waals surface area contributed by atoms with Crippen LogP contribution >= 0.6 is 11.3 Å². The molecule has 1 N–H and O–H groups in total. The smallest absolute Gasteiger partial charge is 0.0624 e. The first-order valence-electron chi connectivity index (χ1n) is 6.82. The highest BCUT2D eigenvalue weighted by molar-refractivity contribution is 7.10. The molecule has 4 heteroatoms. The van der Waals surface area contributed by atoms with Crippen molar-refractivity contribution in [3.05, 3.63) is 21.9 Å². The minimum Gasteiger partial charge on any atom is -0.393 e. The maximum absolute atomic E-state index is 10.0. The van der Waals surface area contributed by atoms with E-state index < -0.39 is 0 Å². The van der Waals surface area contributed by atoms with E-state index in [4.69, 9.17) is 4.74 Å². The van der Waals surface area contributed by atoms with Crippen molar-refractivity contribution in [3.63, 3.8) is 0 Å². The minimum atomic E-state index is -0.185. The molecule has 1 saturated heterocycles. The molecule has 3 atom stereocenters. The molecule has 3 rings (SSSR count). The zero-order chi connectivity index (χ0) is 12.5. The Labute approximate surface area is 112 Å². The van der Waals surface area contributed by atoms with Crippen molar-refractivity contribution >= 4 is 11.3 Å². The molecule has 2 aliphatic rings. The van der Waals surface area contributed by atoms with E-state index in [0.717, 1.165) is 25.9 Å². The Hall–Kier alpha value is -0.420. The van der Waals surface area contributed by atoms with E-state index in [1.54, 1.807) is 4.88 Å². The molecular weight excluding hydrogens is 246 g/mol. The van der Waals surface area contributed by atoms with Crippen LogP contribution in [0.5, 0.6) is 0 Å². The first kappa shape index (κ1) is 12.6. The van der Waals surface area contributed by atoms with Crippen molar-refractivity contribution in [3.8, 4) is 0 Å². The second kappa shape index (κ2) is 5.29. The van der Waals surface area contributed by atoms with Crippen LogP contribution in [-0.4, -0.2) is 42.4 Å². The van der Waals surface area contributed by atoms with Crippen molar-refractivity contribution in [1.29, 1.82) is 0 Å². The lowest BCUT2D eigenvalue weighted by molar-refractivity contribution is -0.0507. The quantitative estimate of drug-likeness (QED) is 0.890. The van der Waals surface area contributed by atoms with Gasteiger partial charge in [0.1, 0.15) is 0 Å². The Morgan fingerprint density at radius 1 is 1.56 bits per heavy atom. The van der Waals surface area contributed by atoms with Crippen LogP contribution in [0.2, 0.25) is 0 Å². The Bertz CT molecular complexity index is 406. The van der Waals surface area contributed by atoms with Crippen molar-refractivity contribution in [2.75, 3.05) is 26.3 Å². The predicted octanol–water partition coefficient (Wildman–Crippen LogP) is 2.06. The van der Waals surface area contributed by atoms with Crippen molar-refractivity contribution < 1.29 is 9.84 Å². The normalized spacial score (nSPS) is 33.3. The number of nitrogens with zero attached hydrogens (tertiary/aromatic N) is 1. The maximum Gasteiger partial charge on any atom is 0.0624 e. The number of fused-ring (bicyclic) bond motifs is 1. The SMILES string of the molecule is CC1c2ccsc2CCN1CC1COCCC1O. The number of hydrogen-bond acceptors (Lipinski definition) is 4. The van der Waals surface area contributed by atoms with E-state index in [9.17, 15) is 5.11 Å². The molecule has 0 amide bonds. The van der Waals surface area contributed by atoms with Crippen molar-refractivity contribution in [1.82, 2.24) is 4.90 Å². The van der Waals surface area contributed by atoms with Crippen LogP contribution in [0.1, 0.15) is 29.8 Å². The third-order valence-corrected chi connectivity index (χ3v) is 5.30. The van der Waals surface area contributed by atoms with Crippen LogP contribution < -0.4 is 0 Å². The van der Waals surface area contributed by atoms with Crippen LogP contribution in [0.4, 0.5) is 0 Å². The van der Waals surface area contributed by atoms with E-state index in [1.165, 1.54) is 5.56 Å². The van der Waals surface area contributed by atoms with Crippen LogP contribution in [0, 0.1) is 5.92 Å². The molecule has 1 fully saturated rings. The van der Waals surface area contributed by atoms with Gasteiger partial charge in [-0.05, 0) is 36.8 Å². The van der Waals surface area contributed by atoms with Crippen molar-refractivity contribution in [2.24, 2.45) is 5.92 Å². The molecule has 100 valence electrons. The van der Waals surface area contributed by atoms with E-state index in [0.29, 0.717) is 19.3 Å². The van der Waals surface area contributed by atoms with E-state index in [1.807, 2.05) is 11.3 Å². The zero-order valence-electron chi connectivity index (χ0n) is 10.8. The maximum atomic E-state index is 10.0. The third kappa shape index (κ3) is 2.35. The fourth-order valence-electron chi connectivity index (χ4n) is 3.07. The lowest BCUT2D eigenvalue weighted by Gasteiger charge is -2.38. The van der Waals surface area contributed by atoms with Gasteiger partial charge in [0, 0.05) is 36.5 Å². The summed E-state index contributed by atoms with van der Waals surface area (Å²) in [5.41, 5.74) is 1.48. The van der Waals surface area contributed by atoms with Gasteiger partial charge in [-0.3, -0.25) is 4.90 Å². The predicted molar refractivity (Wildman–Crippen MR) is 72.9 cm³/mol. The number of aliphatic hydroxyl groups is 1. The average Bonchev–Trinajstić information content (AvgIpc) is 2.84. The molecule has 3 heterocycles. The fourth-order valence-corrected chi connectivity index (χ4v) is 4.03. The molecule has 0 spiro atoms. The molecule has 0 saturated carbocycles. The summed E-state index contributed by atoms with van der Waals surface area (Å²) in [7, 11) is 0. The molecular formula is C14H21NO2S. The molecule has 3 nitrogen and oxygen atoms in total. The molecule has 0 aromatic carbocycles. The summed E-state index contributed by atoms with van der Waals surface area (Å²) in [6.45, 7) is 5.76. The molecule has 0 aliphatic carbocycles. The molecule has 18 heavy (non-hydrogen) atoms. The van der Waals surface area contributed by atoms with Gasteiger partial charge in [-0.25, -0.2) is 0 Å². The van der Waals surface area contributed by atoms with Crippen LogP contribution in [0.15, 0.2) is 11.4 Å². The molecule has 0 radical (unpaired) electrons. The lowest BCUT2D eigenvalue weighted by Crippen LogP contribution is -2.43. The van der Waals surface area contributed by atoms with Gasteiger partial charge in [0.2, 0.25) is 0 Å². The van der Waals surface area contributed by atoms with Crippen molar-refractivity contribution in [2.45, 2.75) is 31.9 Å². The third-order valence-electron chi connectivity index (χ3n) is 4.31. The van der Waals surface area contributed by atoms with Gasteiger partial charge >= 0.3 is 0 Å². The van der Waals surface area contributed by atoms with Crippen LogP contribution in [0.3, 0.4) is 0 Å². The molecule has 1 aromatic heterocycles. The average molecular weight is 267 g/mol. The Balaban J connectivity index is 1.67. The summed E-state index contributed by atoms with van der Waals surface area (Å²) in [5, 5.41) is 12.2. The lowest BCUT2D eigenvalue weighted by atomic mass is 9.94. The van der Waals surface area contributed by atoms with Gasteiger partial charge in [-0.15, -0.1) is 11.3 Å². The standard InChI is InChI=1S/C14H21NO2S/c1-10-12-4-7-18-14(12)2-5-15(10)8-11-9-17-6-3-13(11)16/h4,7,10-11,13,16H,2-3,5-6,8-9H2,1H3. The Morgan fingerprint density at radius 2 is 2.44 bits per heavy atom. The van der Waals surface area contributed by atoms with Gasteiger partial charge < -0.3 is 9.84 Å². The molecule has 1 aromatic rings. The topological polar surface area (TPSA) is 32.7 Å². The monoisotopic (exact) mass is 267 g/mol. The Morgan fingerprint density at radius 3 is 3.28 bits per heavy atom. The second-order valence-electron chi connectivity index (χ2n) is 5.41. The largest absolute Gasteiger partial charge is 0.393 e. The zero-order valence-corrected chi connectivity index (χ0v) is 11.7. The number of rotatable bonds is 2. The van der Waals surface area contributed by atoms with Gasteiger partial charge in [0.05, 0.1) is 12.7 Å². The van der Waals surface area contributed by atoms with E-state index in [2.05, 4.69) is 23.3 Å². The van der Waals surface area contributed by atoms with Gasteiger partial charge in [0.15, 0.2) is 0 Å². The number of aliphatic hydroxyl groups excluding tert-OH is 1. The summed E-state index contributed by atoms with van der Waals surface area (Å²) < 4.78 is 5.50. The molecule has 3 unspecified atom stereocenters. The first-order chi connectivity index (χ1) is 8.75. The number of thiophene rings is 1. The van der Waals surface area contributed by atoms with Crippen LogP contribution in [0.25, 0.3) is 0 Å². The van der Waals surface area contributed by atoms with Crippen LogP contribution in [-0.2, 0) is 11.2 Å². The molecule has 0 bridgehead atoms. The van der Waals surface area contributed by atoms with Gasteiger partial charge in [0.25, 0.3) is 0 Å². The second-order valence-corrected chi connectivity index (χ2v) is 6.41. The highest BCUT2D eigenvalue weighted by Crippen LogP contribution is 2.33. The fraction of sp³-hybridized carbons (Fsp3) is 0.714. The minimum absolute atomic E-state index is 0.185. The van der Waals surface area contributed by atoms with E-state index in [-0.39, 0.29) is 12.0 Å². The highest BCUT2D eigenvalue weighted by atomic mass is 32.1. The summed E-state index contributed by atoms with van der Waals surface area (Å²) in [5.74, 6) is 0.279. The highest BCUT2D eigenvalue weighted by Gasteiger charge is 2.30. The summed E-state index contributed by atoms with van der Waals surface area (Å²) >= 11 is 1.88. The summed E-state index contributed by atoms with van der Waals surface area (Å²) in [6.07, 6.45) is 1.76. The van der Waals surface area contributed by atoms with Gasteiger partial charge in [-0.2, -0.15) is 0 Å². The number of ether oxygens (including phenoxy) is 1. The summed E-state index contributed by atoms with van der Waals surface area (Å²) in [6, 6.07) is 2.74.